The number of rotatable bonds is 3. The Morgan fingerprint density at radius 1 is 1.56 bits per heavy atom. The molecule has 1 atom stereocenters. The van der Waals surface area contributed by atoms with Crippen LogP contribution in [0, 0.1) is 5.92 Å². The van der Waals surface area contributed by atoms with Gasteiger partial charge in [0, 0.05) is 12.6 Å². The number of nitrogen functional groups attached to an aromatic ring is 1. The molecule has 0 spiro atoms. The molecular formula is C12H19ClN4O. The Kier molecular flexibility index (Phi) is 4.24. The summed E-state index contributed by atoms with van der Waals surface area (Å²) in [5.74, 6) is 1.95. The van der Waals surface area contributed by atoms with Crippen molar-refractivity contribution in [3.05, 3.63) is 11.8 Å². The van der Waals surface area contributed by atoms with Crippen LogP contribution in [0.25, 0.3) is 0 Å². The third-order valence-corrected chi connectivity index (χ3v) is 3.42. The van der Waals surface area contributed by atoms with Crippen LogP contribution in [-0.4, -0.2) is 35.8 Å². The topological polar surface area (TPSA) is 64.3 Å². The number of morpholine rings is 1. The highest BCUT2D eigenvalue weighted by Gasteiger charge is 2.27. The first-order chi connectivity index (χ1) is 8.61. The Bertz CT molecular complexity index is 413. The molecule has 6 heteroatoms. The Hall–Kier alpha value is -1.07. The molecule has 0 radical (unpaired) electrons. The maximum Gasteiger partial charge on any atom is 0.222 e. The van der Waals surface area contributed by atoms with E-state index in [2.05, 4.69) is 28.7 Å². The van der Waals surface area contributed by atoms with Crippen LogP contribution in [0.1, 0.15) is 19.5 Å². The van der Waals surface area contributed by atoms with Crippen molar-refractivity contribution in [1.82, 2.24) is 9.97 Å². The van der Waals surface area contributed by atoms with Crippen LogP contribution >= 0.6 is 11.6 Å². The van der Waals surface area contributed by atoms with E-state index in [1.807, 2.05) is 6.07 Å². The predicted octanol–water partition coefficient (Wildman–Crippen LogP) is 1.66. The van der Waals surface area contributed by atoms with Crippen LogP contribution in [-0.2, 0) is 10.6 Å². The van der Waals surface area contributed by atoms with E-state index < -0.39 is 0 Å². The minimum atomic E-state index is 0.275. The number of hydrogen-bond donors (Lipinski definition) is 1. The molecule has 1 aliphatic heterocycles. The molecule has 0 unspecified atom stereocenters. The van der Waals surface area contributed by atoms with Gasteiger partial charge in [-0.1, -0.05) is 13.8 Å². The van der Waals surface area contributed by atoms with E-state index in [0.717, 1.165) is 24.7 Å². The summed E-state index contributed by atoms with van der Waals surface area (Å²) in [6, 6.07) is 2.22. The lowest BCUT2D eigenvalue weighted by atomic mass is 10.0. The number of hydrogen-bond acceptors (Lipinski definition) is 5. The molecule has 1 aliphatic rings. The van der Waals surface area contributed by atoms with Gasteiger partial charge in [0.15, 0.2) is 0 Å². The van der Waals surface area contributed by atoms with Crippen LogP contribution in [0.2, 0.25) is 0 Å². The quantitative estimate of drug-likeness (QED) is 0.847. The Morgan fingerprint density at radius 2 is 2.33 bits per heavy atom. The average molecular weight is 271 g/mol. The number of halogens is 1. The minimum Gasteiger partial charge on any atom is -0.377 e. The number of anilines is 2. The molecule has 0 saturated carbocycles. The van der Waals surface area contributed by atoms with Crippen molar-refractivity contribution in [1.29, 1.82) is 0 Å². The first-order valence-electron chi connectivity index (χ1n) is 6.15. The standard InChI is InChI=1S/C12H19ClN4O/c1-8(2)10-7-18-4-3-17(10)11-5-9(6-13)15-12(14)16-11/h5,8,10H,3-4,6-7H2,1-2H3,(H2,14,15,16)/t10-/m0/s1. The fourth-order valence-electron chi connectivity index (χ4n) is 2.18. The number of nitrogens with zero attached hydrogens (tertiary/aromatic N) is 3. The van der Waals surface area contributed by atoms with Gasteiger partial charge in [-0.3, -0.25) is 0 Å². The zero-order chi connectivity index (χ0) is 13.1. The first-order valence-corrected chi connectivity index (χ1v) is 6.69. The maximum atomic E-state index is 5.82. The Balaban J connectivity index is 2.30. The molecule has 2 N–H and O–H groups in total. The van der Waals surface area contributed by atoms with E-state index in [0.29, 0.717) is 24.4 Å². The predicted molar refractivity (Wildman–Crippen MR) is 72.8 cm³/mol. The summed E-state index contributed by atoms with van der Waals surface area (Å²) >= 11 is 5.82. The highest BCUT2D eigenvalue weighted by Crippen LogP contribution is 2.23. The summed E-state index contributed by atoms with van der Waals surface area (Å²) in [6.45, 7) is 6.61. The van der Waals surface area contributed by atoms with Crippen molar-refractivity contribution >= 4 is 23.4 Å². The molecule has 2 heterocycles. The summed E-state index contributed by atoms with van der Waals surface area (Å²) in [4.78, 5) is 10.6. The van der Waals surface area contributed by atoms with Gasteiger partial charge in [0.25, 0.3) is 0 Å². The smallest absolute Gasteiger partial charge is 0.222 e. The lowest BCUT2D eigenvalue weighted by Crippen LogP contribution is -2.48. The number of aromatic nitrogens is 2. The second kappa shape index (κ2) is 5.71. The van der Waals surface area contributed by atoms with Gasteiger partial charge in [-0.15, -0.1) is 11.6 Å². The van der Waals surface area contributed by atoms with E-state index in [1.165, 1.54) is 0 Å². The van der Waals surface area contributed by atoms with E-state index in [1.54, 1.807) is 0 Å². The Labute approximate surface area is 112 Å². The first kappa shape index (κ1) is 13.4. The summed E-state index contributed by atoms with van der Waals surface area (Å²) in [5.41, 5.74) is 6.48. The molecule has 18 heavy (non-hydrogen) atoms. The normalized spacial score (nSPS) is 20.4. The highest BCUT2D eigenvalue weighted by molar-refractivity contribution is 6.16. The van der Waals surface area contributed by atoms with E-state index in [-0.39, 0.29) is 5.95 Å². The molecule has 0 aromatic carbocycles. The third kappa shape index (κ3) is 2.84. The summed E-state index contributed by atoms with van der Waals surface area (Å²) in [6.07, 6.45) is 0. The van der Waals surface area contributed by atoms with Gasteiger partial charge in [0.2, 0.25) is 5.95 Å². The minimum absolute atomic E-state index is 0.275. The summed E-state index contributed by atoms with van der Waals surface area (Å²) in [5, 5.41) is 0. The summed E-state index contributed by atoms with van der Waals surface area (Å²) < 4.78 is 5.54. The van der Waals surface area contributed by atoms with Gasteiger partial charge in [-0.05, 0) is 5.92 Å². The SMILES string of the molecule is CC(C)[C@@H]1COCCN1c1cc(CCl)nc(N)n1. The van der Waals surface area contributed by atoms with Crippen molar-refractivity contribution < 1.29 is 4.74 Å². The molecule has 1 saturated heterocycles. The maximum absolute atomic E-state index is 5.82. The molecule has 100 valence electrons. The van der Waals surface area contributed by atoms with Crippen molar-refractivity contribution in [2.75, 3.05) is 30.4 Å². The van der Waals surface area contributed by atoms with Gasteiger partial charge >= 0.3 is 0 Å². The number of nitrogens with two attached hydrogens (primary N) is 1. The zero-order valence-electron chi connectivity index (χ0n) is 10.8. The molecule has 0 amide bonds. The number of ether oxygens (including phenoxy) is 1. The molecule has 1 aromatic heterocycles. The number of alkyl halides is 1. The van der Waals surface area contributed by atoms with Crippen LogP contribution in [0.5, 0.6) is 0 Å². The fourth-order valence-corrected chi connectivity index (χ4v) is 2.32. The van der Waals surface area contributed by atoms with Gasteiger partial charge in [-0.25, -0.2) is 4.98 Å². The van der Waals surface area contributed by atoms with Crippen molar-refractivity contribution in [2.45, 2.75) is 25.8 Å². The molecular weight excluding hydrogens is 252 g/mol. The van der Waals surface area contributed by atoms with Gasteiger partial charge in [-0.2, -0.15) is 4.98 Å². The largest absolute Gasteiger partial charge is 0.377 e. The molecule has 5 nitrogen and oxygen atoms in total. The lowest BCUT2D eigenvalue weighted by Gasteiger charge is -2.38. The van der Waals surface area contributed by atoms with Crippen molar-refractivity contribution in [3.8, 4) is 0 Å². The van der Waals surface area contributed by atoms with Crippen LogP contribution < -0.4 is 10.6 Å². The van der Waals surface area contributed by atoms with E-state index >= 15 is 0 Å². The van der Waals surface area contributed by atoms with E-state index in [9.17, 15) is 0 Å². The molecule has 2 rings (SSSR count). The van der Waals surface area contributed by atoms with Crippen molar-refractivity contribution in [3.63, 3.8) is 0 Å². The Morgan fingerprint density at radius 3 is 3.00 bits per heavy atom. The van der Waals surface area contributed by atoms with Gasteiger partial charge in [0.05, 0.1) is 30.8 Å². The third-order valence-electron chi connectivity index (χ3n) is 3.15. The zero-order valence-corrected chi connectivity index (χ0v) is 11.5. The monoisotopic (exact) mass is 270 g/mol. The molecule has 1 fully saturated rings. The molecule has 0 aliphatic carbocycles. The van der Waals surface area contributed by atoms with Crippen LogP contribution in [0.3, 0.4) is 0 Å². The lowest BCUT2D eigenvalue weighted by molar-refractivity contribution is 0.0802. The van der Waals surface area contributed by atoms with Crippen LogP contribution in [0.4, 0.5) is 11.8 Å². The fraction of sp³-hybridized carbons (Fsp3) is 0.667. The van der Waals surface area contributed by atoms with Crippen LogP contribution in [0.15, 0.2) is 6.07 Å². The van der Waals surface area contributed by atoms with E-state index in [4.69, 9.17) is 22.1 Å². The molecule has 0 bridgehead atoms. The highest BCUT2D eigenvalue weighted by atomic mass is 35.5. The molecule has 1 aromatic rings. The van der Waals surface area contributed by atoms with Gasteiger partial charge in [0.1, 0.15) is 5.82 Å². The van der Waals surface area contributed by atoms with Crippen molar-refractivity contribution in [2.24, 2.45) is 5.92 Å². The summed E-state index contributed by atoms with van der Waals surface area (Å²) in [7, 11) is 0. The second-order valence-electron chi connectivity index (χ2n) is 4.79. The van der Waals surface area contributed by atoms with Gasteiger partial charge < -0.3 is 15.4 Å². The average Bonchev–Trinajstić information content (AvgIpc) is 2.38. The second-order valence-corrected chi connectivity index (χ2v) is 5.06.